The second kappa shape index (κ2) is 7.59. The Bertz CT molecular complexity index is 562. The summed E-state index contributed by atoms with van der Waals surface area (Å²) in [6.07, 6.45) is 2.98. The van der Waals surface area contributed by atoms with Gasteiger partial charge in [0.2, 0.25) is 0 Å². The summed E-state index contributed by atoms with van der Waals surface area (Å²) in [5.41, 5.74) is 0.971. The van der Waals surface area contributed by atoms with Crippen molar-refractivity contribution >= 4 is 11.7 Å². The van der Waals surface area contributed by atoms with Crippen LogP contribution in [0.2, 0.25) is 0 Å². The molecular weight excluding hydrogens is 292 g/mol. The van der Waals surface area contributed by atoms with Crippen LogP contribution in [0.15, 0.2) is 29.4 Å². The number of carbonyl (C=O) groups is 1. The smallest absolute Gasteiger partial charge is 0.354 e. The van der Waals surface area contributed by atoms with Crippen LogP contribution in [-0.4, -0.2) is 42.3 Å². The molecule has 0 amide bonds. The van der Waals surface area contributed by atoms with Crippen LogP contribution >= 0.6 is 0 Å². The van der Waals surface area contributed by atoms with Gasteiger partial charge in [-0.3, -0.25) is 4.90 Å². The van der Waals surface area contributed by atoms with Gasteiger partial charge in [0.25, 0.3) is 0 Å². The van der Waals surface area contributed by atoms with E-state index in [-0.39, 0.29) is 5.97 Å². The summed E-state index contributed by atoms with van der Waals surface area (Å²) in [6, 6.07) is 7.50. The zero-order chi connectivity index (χ0) is 16.9. The molecule has 1 saturated heterocycles. The van der Waals surface area contributed by atoms with Crippen LogP contribution in [-0.2, 0) is 9.63 Å². The van der Waals surface area contributed by atoms with E-state index in [1.165, 1.54) is 0 Å². The molecule has 1 aromatic carbocycles. The Balaban J connectivity index is 2.05. The molecule has 0 aromatic heterocycles. The summed E-state index contributed by atoms with van der Waals surface area (Å²) < 4.78 is 5.13. The van der Waals surface area contributed by atoms with Gasteiger partial charge in [-0.1, -0.05) is 12.1 Å². The number of likely N-dealkylation sites (tertiary alicyclic amines) is 1. The molecule has 5 nitrogen and oxygen atoms in total. The predicted molar refractivity (Wildman–Crippen MR) is 90.8 cm³/mol. The van der Waals surface area contributed by atoms with Crippen molar-refractivity contribution < 1.29 is 14.4 Å². The lowest BCUT2D eigenvalue weighted by Crippen LogP contribution is -2.51. The Kier molecular flexibility index (Phi) is 5.77. The highest BCUT2D eigenvalue weighted by Crippen LogP contribution is 2.26. The summed E-state index contributed by atoms with van der Waals surface area (Å²) in [7, 11) is 1.63. The monoisotopic (exact) mass is 318 g/mol. The van der Waals surface area contributed by atoms with E-state index in [0.717, 1.165) is 37.2 Å². The average Bonchev–Trinajstić information content (AvgIpc) is 3.13. The molecule has 0 N–H and O–H groups in total. The summed E-state index contributed by atoms with van der Waals surface area (Å²) in [4.78, 5) is 20.0. The maximum absolute atomic E-state index is 12.5. The number of ether oxygens (including phenoxy) is 1. The van der Waals surface area contributed by atoms with Crippen molar-refractivity contribution in [3.63, 3.8) is 0 Å². The van der Waals surface area contributed by atoms with Crippen LogP contribution in [0.1, 0.15) is 45.6 Å². The van der Waals surface area contributed by atoms with E-state index in [4.69, 9.17) is 9.57 Å². The lowest BCUT2D eigenvalue weighted by Gasteiger charge is -2.34. The molecule has 5 heteroatoms. The number of rotatable bonds is 6. The van der Waals surface area contributed by atoms with Crippen molar-refractivity contribution in [3.05, 3.63) is 29.8 Å². The van der Waals surface area contributed by atoms with Gasteiger partial charge in [-0.05, 0) is 76.0 Å². The molecule has 1 fully saturated rings. The van der Waals surface area contributed by atoms with Gasteiger partial charge in [0.15, 0.2) is 0 Å². The van der Waals surface area contributed by atoms with Crippen molar-refractivity contribution in [3.8, 4) is 5.75 Å². The summed E-state index contributed by atoms with van der Waals surface area (Å²) in [6.45, 7) is 7.67. The van der Waals surface area contributed by atoms with E-state index in [1.54, 1.807) is 7.11 Å². The first-order chi connectivity index (χ1) is 11.0. The molecule has 23 heavy (non-hydrogen) atoms. The van der Waals surface area contributed by atoms with Gasteiger partial charge in [-0.2, -0.15) is 0 Å². The third-order valence-electron chi connectivity index (χ3n) is 4.71. The number of methoxy groups -OCH3 is 1. The molecule has 0 saturated carbocycles. The van der Waals surface area contributed by atoms with E-state index < -0.39 is 5.54 Å². The van der Waals surface area contributed by atoms with Crippen molar-refractivity contribution in [2.24, 2.45) is 5.16 Å². The number of benzene rings is 1. The molecule has 0 bridgehead atoms. The van der Waals surface area contributed by atoms with Gasteiger partial charge in [-0.25, -0.2) is 4.79 Å². The maximum Gasteiger partial charge on any atom is 0.354 e. The fraction of sp³-hybridized carbons (Fsp3) is 0.556. The zero-order valence-electron chi connectivity index (χ0n) is 14.5. The third kappa shape index (κ3) is 3.91. The van der Waals surface area contributed by atoms with Gasteiger partial charge >= 0.3 is 5.97 Å². The Morgan fingerprint density at radius 3 is 2.39 bits per heavy atom. The second-order valence-corrected chi connectivity index (χ2v) is 6.11. The minimum absolute atomic E-state index is 0.283. The summed E-state index contributed by atoms with van der Waals surface area (Å²) >= 11 is 0. The van der Waals surface area contributed by atoms with E-state index in [0.29, 0.717) is 12.1 Å². The molecule has 1 aromatic rings. The van der Waals surface area contributed by atoms with Crippen LogP contribution in [0, 0.1) is 0 Å². The van der Waals surface area contributed by atoms with E-state index >= 15 is 0 Å². The molecule has 0 spiro atoms. The molecule has 1 heterocycles. The van der Waals surface area contributed by atoms with Crippen molar-refractivity contribution in [2.75, 3.05) is 20.2 Å². The van der Waals surface area contributed by atoms with E-state index in [9.17, 15) is 4.79 Å². The van der Waals surface area contributed by atoms with Crippen molar-refractivity contribution in [1.82, 2.24) is 4.90 Å². The first kappa shape index (κ1) is 17.5. The number of nitrogens with zero attached hydrogens (tertiary/aromatic N) is 2. The van der Waals surface area contributed by atoms with Crippen LogP contribution < -0.4 is 4.74 Å². The van der Waals surface area contributed by atoms with Gasteiger partial charge in [0.1, 0.15) is 11.3 Å². The highest BCUT2D eigenvalue weighted by molar-refractivity contribution is 5.98. The third-order valence-corrected chi connectivity index (χ3v) is 4.71. The number of oxime groups is 1. The van der Waals surface area contributed by atoms with Crippen molar-refractivity contribution in [2.45, 2.75) is 45.6 Å². The Hall–Kier alpha value is -1.88. The molecule has 126 valence electrons. The van der Waals surface area contributed by atoms with Gasteiger partial charge in [0.05, 0.1) is 12.8 Å². The molecule has 0 radical (unpaired) electrons. The molecule has 1 atom stereocenters. The normalized spacial score (nSPS) is 18.5. The van der Waals surface area contributed by atoms with Gasteiger partial charge < -0.3 is 9.57 Å². The first-order valence-electron chi connectivity index (χ1n) is 8.16. The SMILES string of the molecule is CCC(C)(C(=O)ON=C(C)c1ccc(OC)cc1)N1CCCC1. The second-order valence-electron chi connectivity index (χ2n) is 6.11. The van der Waals surface area contributed by atoms with Crippen LogP contribution in [0.25, 0.3) is 0 Å². The molecular formula is C18H26N2O3. The molecule has 1 unspecified atom stereocenters. The minimum Gasteiger partial charge on any atom is -0.497 e. The lowest BCUT2D eigenvalue weighted by molar-refractivity contribution is -0.157. The largest absolute Gasteiger partial charge is 0.497 e. The zero-order valence-corrected chi connectivity index (χ0v) is 14.5. The fourth-order valence-corrected chi connectivity index (χ4v) is 2.80. The highest BCUT2D eigenvalue weighted by atomic mass is 16.7. The van der Waals surface area contributed by atoms with Crippen molar-refractivity contribution in [1.29, 1.82) is 0 Å². The quantitative estimate of drug-likeness (QED) is 0.459. The topological polar surface area (TPSA) is 51.1 Å². The molecule has 2 rings (SSSR count). The Labute approximate surface area is 138 Å². The number of hydrogen-bond acceptors (Lipinski definition) is 5. The summed E-state index contributed by atoms with van der Waals surface area (Å²) in [5.74, 6) is 0.501. The van der Waals surface area contributed by atoms with Gasteiger partial charge in [0, 0.05) is 0 Å². The Morgan fingerprint density at radius 2 is 1.87 bits per heavy atom. The Morgan fingerprint density at radius 1 is 1.26 bits per heavy atom. The predicted octanol–water partition coefficient (Wildman–Crippen LogP) is 3.23. The van der Waals surface area contributed by atoms with E-state index in [1.807, 2.05) is 45.0 Å². The van der Waals surface area contributed by atoms with Gasteiger partial charge in [-0.15, -0.1) is 0 Å². The average molecular weight is 318 g/mol. The highest BCUT2D eigenvalue weighted by Gasteiger charge is 2.41. The summed E-state index contributed by atoms with van der Waals surface area (Å²) in [5, 5.41) is 4.03. The van der Waals surface area contributed by atoms with Crippen LogP contribution in [0.3, 0.4) is 0 Å². The number of carbonyl (C=O) groups excluding carboxylic acids is 1. The molecule has 0 aliphatic carbocycles. The first-order valence-corrected chi connectivity index (χ1v) is 8.16. The minimum atomic E-state index is -0.597. The molecule has 1 aliphatic rings. The maximum atomic E-state index is 12.5. The fourth-order valence-electron chi connectivity index (χ4n) is 2.80. The van der Waals surface area contributed by atoms with Crippen LogP contribution in [0.4, 0.5) is 0 Å². The van der Waals surface area contributed by atoms with Crippen LogP contribution in [0.5, 0.6) is 5.75 Å². The van der Waals surface area contributed by atoms with E-state index in [2.05, 4.69) is 10.1 Å². The standard InChI is InChI=1S/C18H26N2O3/c1-5-18(3,20-12-6-7-13-20)17(21)23-19-14(2)15-8-10-16(22-4)11-9-15/h8-11H,5-7,12-13H2,1-4H3. The molecule has 1 aliphatic heterocycles. The lowest BCUT2D eigenvalue weighted by atomic mass is 9.97. The number of hydrogen-bond donors (Lipinski definition) is 0.